The van der Waals surface area contributed by atoms with E-state index in [1.54, 1.807) is 0 Å². The maximum Gasteiger partial charge on any atom is 0.217 e. The molecule has 0 N–H and O–H groups in total. The summed E-state index contributed by atoms with van der Waals surface area (Å²) in [6.45, 7) is 0. The van der Waals surface area contributed by atoms with Crippen molar-refractivity contribution in [2.24, 2.45) is 0 Å². The highest BCUT2D eigenvalue weighted by molar-refractivity contribution is 6.06. The first-order valence-corrected chi connectivity index (χ1v) is 10.5. The largest absolute Gasteiger partial charge is 0.448 e. The second-order valence-electron chi connectivity index (χ2n) is 7.99. The fourth-order valence-electron chi connectivity index (χ4n) is 4.41. The van der Waals surface area contributed by atoms with Crippen LogP contribution in [-0.2, 0) is 0 Å². The molecule has 34 heavy (non-hydrogen) atoms. The van der Waals surface area contributed by atoms with E-state index >= 15 is 0 Å². The summed E-state index contributed by atoms with van der Waals surface area (Å²) in [5.41, 5.74) is 2.60. The van der Waals surface area contributed by atoms with Gasteiger partial charge in [0.1, 0.15) is 23.3 Å². The minimum absolute atomic E-state index is 0.0305. The third-order valence-electron chi connectivity index (χ3n) is 6.02. The summed E-state index contributed by atoms with van der Waals surface area (Å²) in [4.78, 5) is 0. The summed E-state index contributed by atoms with van der Waals surface area (Å²) in [5.74, 6) is 0. The lowest BCUT2D eigenvalue weighted by Gasteiger charge is -2.10. The van der Waals surface area contributed by atoms with Crippen molar-refractivity contribution >= 4 is 66.2 Å². The van der Waals surface area contributed by atoms with Gasteiger partial charge in [-0.15, -0.1) is 0 Å². The minimum Gasteiger partial charge on any atom is -0.448 e. The van der Waals surface area contributed by atoms with Gasteiger partial charge < -0.3 is 17.7 Å². The Morgan fingerprint density at radius 1 is 0.441 bits per heavy atom. The summed E-state index contributed by atoms with van der Waals surface area (Å²) < 4.78 is 24.8. The molecular formula is C28H12N2O4. The Morgan fingerprint density at radius 2 is 0.735 bits per heavy atom. The number of nitriles is 2. The molecule has 7 aromatic rings. The van der Waals surface area contributed by atoms with Crippen molar-refractivity contribution in [2.45, 2.75) is 0 Å². The third kappa shape index (κ3) is 2.48. The number of fused-ring (bicyclic) bond motifs is 7. The van der Waals surface area contributed by atoms with Crippen LogP contribution in [0.1, 0.15) is 11.1 Å². The molecule has 0 bridgehead atoms. The molecule has 7 rings (SSSR count). The van der Waals surface area contributed by atoms with E-state index in [0.29, 0.717) is 22.3 Å². The molecule has 0 aliphatic heterocycles. The SMILES string of the molecule is N#Cc1c(C#N)c2oc3cc4ccccc4cc3oc2c2oc3cc4ccccc4cc3oc12. The van der Waals surface area contributed by atoms with Crippen LogP contribution in [0, 0.1) is 22.7 Å². The Morgan fingerprint density at radius 3 is 1.03 bits per heavy atom. The zero-order valence-corrected chi connectivity index (χ0v) is 17.5. The molecule has 0 atom stereocenters. The summed E-state index contributed by atoms with van der Waals surface area (Å²) in [5, 5.41) is 23.7. The predicted octanol–water partition coefficient (Wildman–Crippen LogP) is 7.85. The molecule has 0 fully saturated rings. The lowest BCUT2D eigenvalue weighted by molar-refractivity contribution is 0.553. The van der Waals surface area contributed by atoms with Gasteiger partial charge in [-0.1, -0.05) is 48.5 Å². The van der Waals surface area contributed by atoms with Crippen molar-refractivity contribution in [3.05, 3.63) is 83.9 Å². The van der Waals surface area contributed by atoms with Gasteiger partial charge in [0, 0.05) is 0 Å². The Balaban J connectivity index is 1.70. The highest BCUT2D eigenvalue weighted by Gasteiger charge is 2.24. The normalized spacial score (nSPS) is 11.5. The van der Waals surface area contributed by atoms with E-state index in [4.69, 9.17) is 17.7 Å². The first-order valence-electron chi connectivity index (χ1n) is 10.5. The van der Waals surface area contributed by atoms with Gasteiger partial charge in [0.05, 0.1) is 0 Å². The zero-order valence-electron chi connectivity index (χ0n) is 17.5. The van der Waals surface area contributed by atoms with Crippen molar-refractivity contribution in [1.29, 1.82) is 10.5 Å². The van der Waals surface area contributed by atoms with Gasteiger partial charge in [-0.2, -0.15) is 10.5 Å². The molecule has 0 aliphatic rings. The monoisotopic (exact) mass is 440 g/mol. The van der Waals surface area contributed by atoms with Crippen LogP contribution in [0.3, 0.4) is 0 Å². The fourth-order valence-corrected chi connectivity index (χ4v) is 4.41. The van der Waals surface area contributed by atoms with Gasteiger partial charge in [-0.25, -0.2) is 0 Å². The summed E-state index contributed by atoms with van der Waals surface area (Å²) in [6.07, 6.45) is 0. The zero-order chi connectivity index (χ0) is 22.8. The minimum atomic E-state index is 0.0305. The third-order valence-corrected chi connectivity index (χ3v) is 6.02. The van der Waals surface area contributed by atoms with E-state index in [1.165, 1.54) is 0 Å². The van der Waals surface area contributed by atoms with Crippen LogP contribution < -0.4 is 0 Å². The summed E-state index contributed by atoms with van der Waals surface area (Å²) in [7, 11) is 0. The van der Waals surface area contributed by atoms with E-state index in [9.17, 15) is 10.5 Å². The van der Waals surface area contributed by atoms with Crippen LogP contribution >= 0.6 is 0 Å². The lowest BCUT2D eigenvalue weighted by atomic mass is 10.1. The van der Waals surface area contributed by atoms with Gasteiger partial charge in [-0.3, -0.25) is 0 Å². The van der Waals surface area contributed by atoms with Crippen molar-refractivity contribution in [1.82, 2.24) is 0 Å². The topological polar surface area (TPSA) is 100 Å². The van der Waals surface area contributed by atoms with Crippen molar-refractivity contribution in [3.8, 4) is 12.1 Å². The second kappa shape index (κ2) is 6.65. The first-order chi connectivity index (χ1) is 16.7. The van der Waals surface area contributed by atoms with Gasteiger partial charge in [-0.05, 0) is 45.8 Å². The fraction of sp³-hybridized carbons (Fsp3) is 0. The number of rotatable bonds is 0. The second-order valence-corrected chi connectivity index (χ2v) is 7.99. The molecule has 0 unspecified atom stereocenters. The van der Waals surface area contributed by atoms with Gasteiger partial charge in [0.25, 0.3) is 0 Å². The molecule has 6 heteroatoms. The van der Waals surface area contributed by atoms with Crippen molar-refractivity contribution in [2.75, 3.05) is 0 Å². The average Bonchev–Trinajstić information content (AvgIpc) is 2.87. The molecule has 0 radical (unpaired) electrons. The summed E-state index contributed by atoms with van der Waals surface area (Å²) >= 11 is 0. The molecule has 0 spiro atoms. The van der Waals surface area contributed by atoms with Crippen molar-refractivity contribution < 1.29 is 17.7 Å². The molecule has 0 aliphatic carbocycles. The van der Waals surface area contributed by atoms with Crippen LogP contribution in [-0.4, -0.2) is 0 Å². The molecular weight excluding hydrogens is 428 g/mol. The van der Waals surface area contributed by atoms with E-state index < -0.39 is 0 Å². The van der Waals surface area contributed by atoms with Crippen LogP contribution in [0.25, 0.3) is 66.2 Å². The van der Waals surface area contributed by atoms with E-state index in [-0.39, 0.29) is 33.5 Å². The molecule has 0 amide bonds. The van der Waals surface area contributed by atoms with Crippen molar-refractivity contribution in [3.63, 3.8) is 0 Å². The van der Waals surface area contributed by atoms with E-state index in [2.05, 4.69) is 12.1 Å². The molecule has 6 nitrogen and oxygen atoms in total. The Kier molecular flexibility index (Phi) is 3.59. The highest BCUT2D eigenvalue weighted by atomic mass is 16.4. The quantitative estimate of drug-likeness (QED) is 0.176. The number of hydrogen-bond donors (Lipinski definition) is 0. The first kappa shape index (κ1) is 18.4. The molecule has 0 saturated heterocycles. The standard InChI is InChI=1S/C28H12N2O4/c29-13-19-20(14-30)26-28(34-24-12-18-8-4-2-6-16(18)10-22(24)32-26)27-25(19)31-21-9-15-5-1-3-7-17(15)11-23(21)33-27/h1-12H. The van der Waals surface area contributed by atoms with Gasteiger partial charge >= 0.3 is 0 Å². The Bertz CT molecular complexity index is 1950. The molecule has 5 aromatic carbocycles. The molecule has 2 heterocycles. The van der Waals surface area contributed by atoms with Gasteiger partial charge in [0.2, 0.25) is 11.2 Å². The maximum absolute atomic E-state index is 9.93. The molecule has 2 aromatic heterocycles. The van der Waals surface area contributed by atoms with E-state index in [1.807, 2.05) is 72.8 Å². The molecule has 158 valence electrons. The Labute approximate surface area is 190 Å². The Hall–Kier alpha value is -5.20. The van der Waals surface area contributed by atoms with Crippen LogP contribution in [0.15, 0.2) is 90.5 Å². The smallest absolute Gasteiger partial charge is 0.217 e. The number of hydrogen-bond acceptors (Lipinski definition) is 6. The highest BCUT2D eigenvalue weighted by Crippen LogP contribution is 2.38. The maximum atomic E-state index is 9.93. The summed E-state index contributed by atoms with van der Waals surface area (Å²) in [6, 6.07) is 27.2. The van der Waals surface area contributed by atoms with Crippen LogP contribution in [0.5, 0.6) is 0 Å². The average molecular weight is 440 g/mol. The molecule has 0 saturated carbocycles. The van der Waals surface area contributed by atoms with E-state index in [0.717, 1.165) is 21.5 Å². The number of benzene rings is 5. The van der Waals surface area contributed by atoms with Crippen LogP contribution in [0.4, 0.5) is 0 Å². The predicted molar refractivity (Wildman–Crippen MR) is 128 cm³/mol. The van der Waals surface area contributed by atoms with Crippen LogP contribution in [0.2, 0.25) is 0 Å². The van der Waals surface area contributed by atoms with Gasteiger partial charge in [0.15, 0.2) is 33.5 Å². The number of nitrogens with zero attached hydrogens (tertiary/aromatic N) is 2. The lowest BCUT2D eigenvalue weighted by Crippen LogP contribution is -1.92.